The minimum atomic E-state index is -0.170. The first kappa shape index (κ1) is 16.1. The fourth-order valence-corrected chi connectivity index (χ4v) is 7.42. The van der Waals surface area contributed by atoms with Gasteiger partial charge in [-0.1, -0.05) is 6.92 Å². The number of rotatable bonds is 5. The van der Waals surface area contributed by atoms with Crippen molar-refractivity contribution in [3.63, 3.8) is 0 Å². The predicted molar refractivity (Wildman–Crippen MR) is 95.4 cm³/mol. The van der Waals surface area contributed by atoms with Crippen LogP contribution in [0.4, 0.5) is 0 Å². The second-order valence-electron chi connectivity index (χ2n) is 9.86. The number of nitrogens with zero attached hydrogens (tertiary/aromatic N) is 2. The molecule has 1 amide bonds. The van der Waals surface area contributed by atoms with E-state index in [1.807, 2.05) is 4.90 Å². The van der Waals surface area contributed by atoms with Gasteiger partial charge in [0, 0.05) is 6.04 Å². The zero-order valence-electron chi connectivity index (χ0n) is 15.4. The lowest BCUT2D eigenvalue weighted by atomic mass is 9.47. The molecule has 136 valence electrons. The molecule has 0 radical (unpaired) electrons. The van der Waals surface area contributed by atoms with Crippen molar-refractivity contribution in [1.29, 1.82) is 5.26 Å². The number of nitrogens with one attached hydrogen (secondary N) is 1. The van der Waals surface area contributed by atoms with Gasteiger partial charge in [0.1, 0.15) is 6.04 Å². The maximum atomic E-state index is 13.7. The van der Waals surface area contributed by atoms with Crippen LogP contribution in [0.3, 0.4) is 0 Å². The zero-order chi connectivity index (χ0) is 17.2. The van der Waals surface area contributed by atoms with Gasteiger partial charge in [-0.05, 0) is 93.4 Å². The fourth-order valence-electron chi connectivity index (χ4n) is 7.42. The van der Waals surface area contributed by atoms with Crippen LogP contribution in [-0.2, 0) is 4.79 Å². The van der Waals surface area contributed by atoms with E-state index in [4.69, 9.17) is 0 Å². The Kier molecular flexibility index (Phi) is 3.68. The number of hydrogen-bond acceptors (Lipinski definition) is 3. The van der Waals surface area contributed by atoms with Gasteiger partial charge in [-0.2, -0.15) is 5.26 Å². The third-order valence-electron chi connectivity index (χ3n) is 8.05. The second-order valence-corrected chi connectivity index (χ2v) is 9.86. The van der Waals surface area contributed by atoms with Crippen LogP contribution in [0.1, 0.15) is 64.7 Å². The molecule has 0 aromatic carbocycles. The number of fused-ring (bicyclic) bond motifs is 1. The molecule has 1 unspecified atom stereocenters. The first-order valence-electron chi connectivity index (χ1n) is 10.6. The molecule has 5 saturated carbocycles. The predicted octanol–water partition coefficient (Wildman–Crippen LogP) is 3.08. The second kappa shape index (κ2) is 5.71. The number of carbonyl (C=O) groups is 1. The molecular formula is C21H31N3O. The summed E-state index contributed by atoms with van der Waals surface area (Å²) in [5.41, 5.74) is 0.175. The molecule has 5 aliphatic carbocycles. The molecule has 1 N–H and O–H groups in total. The first-order chi connectivity index (χ1) is 12.1. The molecule has 1 aliphatic heterocycles. The standard InChI is InChI=1S/C21H31N3O/c1-2-3-23-19(20(25)24-17(12-22)7-16-8-18(16)24)21-9-13-4-14(10-21)6-15(5-13)11-21/h13-19,23H,2-11H2,1H3/t13?,14?,15?,16?,17-,18-,19+,21?/m0/s1. The monoisotopic (exact) mass is 341 g/mol. The Labute approximate surface area is 151 Å². The lowest BCUT2D eigenvalue weighted by Crippen LogP contribution is -2.62. The quantitative estimate of drug-likeness (QED) is 0.836. The van der Waals surface area contributed by atoms with Crippen LogP contribution in [0.5, 0.6) is 0 Å². The Hall–Kier alpha value is -1.08. The Morgan fingerprint density at radius 2 is 1.80 bits per heavy atom. The average molecular weight is 341 g/mol. The molecule has 6 rings (SSSR count). The first-order valence-corrected chi connectivity index (χ1v) is 10.6. The average Bonchev–Trinajstić information content (AvgIpc) is 3.23. The van der Waals surface area contributed by atoms with E-state index >= 15 is 0 Å². The Morgan fingerprint density at radius 1 is 1.16 bits per heavy atom. The number of amides is 1. The van der Waals surface area contributed by atoms with Crippen molar-refractivity contribution in [2.45, 2.75) is 82.8 Å². The maximum absolute atomic E-state index is 13.7. The topological polar surface area (TPSA) is 56.1 Å². The molecule has 4 nitrogen and oxygen atoms in total. The van der Waals surface area contributed by atoms with Gasteiger partial charge in [0.25, 0.3) is 0 Å². The van der Waals surface area contributed by atoms with Gasteiger partial charge in [0.15, 0.2) is 0 Å². The minimum Gasteiger partial charge on any atom is -0.322 e. The smallest absolute Gasteiger partial charge is 0.241 e. The largest absolute Gasteiger partial charge is 0.322 e. The van der Waals surface area contributed by atoms with Gasteiger partial charge in [-0.3, -0.25) is 4.79 Å². The Balaban J connectivity index is 1.44. The Bertz CT molecular complexity index is 573. The van der Waals surface area contributed by atoms with Crippen molar-refractivity contribution in [3.8, 4) is 6.07 Å². The van der Waals surface area contributed by atoms with Gasteiger partial charge >= 0.3 is 0 Å². The van der Waals surface area contributed by atoms with Gasteiger partial charge < -0.3 is 10.2 Å². The van der Waals surface area contributed by atoms with E-state index in [0.717, 1.165) is 43.6 Å². The SMILES string of the molecule is CCCN[C@H](C(=O)N1[C@H](C#N)CC2C[C@@H]21)C12CC3CC(CC(C3)C1)C2. The third-order valence-corrected chi connectivity index (χ3v) is 8.05. The molecule has 6 fully saturated rings. The van der Waals surface area contributed by atoms with Crippen LogP contribution < -0.4 is 5.32 Å². The van der Waals surface area contributed by atoms with Crippen LogP contribution in [0.25, 0.3) is 0 Å². The highest BCUT2D eigenvalue weighted by molar-refractivity contribution is 5.85. The molecular weight excluding hydrogens is 310 g/mol. The number of nitriles is 1. The number of likely N-dealkylation sites (tertiary alicyclic amines) is 1. The summed E-state index contributed by atoms with van der Waals surface area (Å²) in [5, 5.41) is 13.2. The fraction of sp³-hybridized carbons (Fsp3) is 0.905. The maximum Gasteiger partial charge on any atom is 0.241 e. The molecule has 6 aliphatic rings. The van der Waals surface area contributed by atoms with Crippen LogP contribution in [-0.4, -0.2) is 35.5 Å². The number of piperidine rings is 1. The summed E-state index contributed by atoms with van der Waals surface area (Å²) in [7, 11) is 0. The number of carbonyl (C=O) groups excluding carboxylic acids is 1. The summed E-state index contributed by atoms with van der Waals surface area (Å²) in [5.74, 6) is 3.43. The van der Waals surface area contributed by atoms with Crippen molar-refractivity contribution in [3.05, 3.63) is 0 Å². The molecule has 1 heterocycles. The molecule has 4 heteroatoms. The lowest BCUT2D eigenvalue weighted by molar-refractivity contribution is -0.146. The van der Waals surface area contributed by atoms with Crippen molar-refractivity contribution in [2.24, 2.45) is 29.1 Å². The van der Waals surface area contributed by atoms with Crippen LogP contribution in [0.2, 0.25) is 0 Å². The van der Waals surface area contributed by atoms with E-state index in [9.17, 15) is 10.1 Å². The van der Waals surface area contributed by atoms with Crippen LogP contribution in [0.15, 0.2) is 0 Å². The van der Waals surface area contributed by atoms with Crippen molar-refractivity contribution >= 4 is 5.91 Å². The van der Waals surface area contributed by atoms with Gasteiger partial charge in [-0.15, -0.1) is 0 Å². The molecule has 25 heavy (non-hydrogen) atoms. The molecule has 0 spiro atoms. The van der Waals surface area contributed by atoms with Crippen molar-refractivity contribution in [2.75, 3.05) is 6.54 Å². The van der Waals surface area contributed by atoms with Gasteiger partial charge in [-0.25, -0.2) is 0 Å². The molecule has 1 saturated heterocycles. The summed E-state index contributed by atoms with van der Waals surface area (Å²) in [6.45, 7) is 3.09. The minimum absolute atomic E-state index is 0.0453. The Morgan fingerprint density at radius 3 is 2.36 bits per heavy atom. The third kappa shape index (κ3) is 2.46. The van der Waals surface area contributed by atoms with Crippen molar-refractivity contribution < 1.29 is 4.79 Å². The summed E-state index contributed by atoms with van der Waals surface area (Å²) in [6.07, 6.45) is 11.0. The lowest BCUT2D eigenvalue weighted by Gasteiger charge is -2.59. The van der Waals surface area contributed by atoms with E-state index in [1.165, 1.54) is 38.5 Å². The molecule has 4 bridgehead atoms. The van der Waals surface area contributed by atoms with E-state index < -0.39 is 0 Å². The zero-order valence-corrected chi connectivity index (χ0v) is 15.4. The normalized spacial score (nSPS) is 47.4. The molecule has 0 aromatic rings. The van der Waals surface area contributed by atoms with Crippen LogP contribution >= 0.6 is 0 Å². The summed E-state index contributed by atoms with van der Waals surface area (Å²) in [4.78, 5) is 15.7. The van der Waals surface area contributed by atoms with E-state index in [0.29, 0.717) is 12.0 Å². The highest BCUT2D eigenvalue weighted by Gasteiger charge is 2.60. The number of hydrogen-bond donors (Lipinski definition) is 1. The van der Waals surface area contributed by atoms with Crippen LogP contribution in [0, 0.1) is 40.4 Å². The van der Waals surface area contributed by atoms with Gasteiger partial charge in [0.05, 0.1) is 12.1 Å². The molecule has 0 aromatic heterocycles. The highest BCUT2D eigenvalue weighted by atomic mass is 16.2. The summed E-state index contributed by atoms with van der Waals surface area (Å²) >= 11 is 0. The van der Waals surface area contributed by atoms with E-state index in [-0.39, 0.29) is 23.4 Å². The van der Waals surface area contributed by atoms with E-state index in [1.54, 1.807) is 0 Å². The molecule has 4 atom stereocenters. The van der Waals surface area contributed by atoms with Crippen molar-refractivity contribution in [1.82, 2.24) is 10.2 Å². The van der Waals surface area contributed by atoms with E-state index in [2.05, 4.69) is 18.3 Å². The highest BCUT2D eigenvalue weighted by Crippen LogP contribution is 2.62. The van der Waals surface area contributed by atoms with Gasteiger partial charge in [0.2, 0.25) is 5.91 Å². The summed E-state index contributed by atoms with van der Waals surface area (Å²) < 4.78 is 0. The summed E-state index contributed by atoms with van der Waals surface area (Å²) in [6, 6.07) is 2.57.